The van der Waals surface area contributed by atoms with Crippen molar-refractivity contribution in [3.63, 3.8) is 0 Å². The van der Waals surface area contributed by atoms with Crippen LogP contribution in [0.3, 0.4) is 0 Å². The van der Waals surface area contributed by atoms with Crippen LogP contribution in [0, 0.1) is 19.3 Å². The molecule has 24 N–H and O–H groups in total. The van der Waals surface area contributed by atoms with E-state index in [1.165, 1.54) is 103 Å². The third-order valence-electron chi connectivity index (χ3n) is 23.0. The fourth-order valence-electron chi connectivity index (χ4n) is 15.0. The number of carbonyl (C=O) groups is 6. The first-order chi connectivity index (χ1) is 68.5. The molecule has 0 bridgehead atoms. The molecule has 0 aliphatic rings. The summed E-state index contributed by atoms with van der Waals surface area (Å²) >= 11 is 0. The van der Waals surface area contributed by atoms with E-state index in [4.69, 9.17) is 18.9 Å². The fraction of sp³-hybridized carbons (Fsp3) is 0.297. The molecular weight excluding hydrogens is 1870 g/mol. The Kier molecular flexibility index (Phi) is 44.8. The van der Waals surface area contributed by atoms with Gasteiger partial charge in [-0.2, -0.15) is 0 Å². The Morgan fingerprint density at radius 1 is 0.214 bits per heavy atom. The molecule has 34 heteroatoms. The SMILES string of the molecule is C.C.Cc1ccc(CCNC(=O)CCOCC(COCCC(=O)NCCc2ccc(O)c(O)c2)(COCCC(=O)NCCc2ccc(O)c(O)c2)COCCC(=O)NCCc2ccc(O)c(O)c2)cc1O.Cc1ccc(CCNC(=O)c2cc(Cc3ccc(O)c(O)c3)cc(C(=O)NCCc3ccc(O)c(O)c3)c2)cc1O.Oc1ccc(Cc2cc(Cc3ccc(O)c(O)c3)cc(Cc3ccc(O)c(O)c3)c2)cc1O. The van der Waals surface area contributed by atoms with E-state index < -0.39 is 11.3 Å². The highest BCUT2D eigenvalue weighted by Crippen LogP contribution is 2.35. The molecule has 0 saturated carbocycles. The summed E-state index contributed by atoms with van der Waals surface area (Å²) in [5.74, 6) is -5.04. The van der Waals surface area contributed by atoms with Crippen LogP contribution in [0.15, 0.2) is 218 Å². The summed E-state index contributed by atoms with van der Waals surface area (Å²) in [5, 5.41) is 192. The predicted molar refractivity (Wildman–Crippen MR) is 545 cm³/mol. The average molecular weight is 2000 g/mol. The molecule has 34 nitrogen and oxygen atoms in total. The van der Waals surface area contributed by atoms with Crippen LogP contribution in [0.2, 0.25) is 0 Å². The van der Waals surface area contributed by atoms with Gasteiger partial charge in [0, 0.05) is 76.1 Å². The van der Waals surface area contributed by atoms with Crippen molar-refractivity contribution in [1.29, 1.82) is 0 Å². The zero-order chi connectivity index (χ0) is 103. The van der Waals surface area contributed by atoms with E-state index in [1.807, 2.05) is 36.4 Å². The van der Waals surface area contributed by atoms with E-state index in [1.54, 1.807) is 92.7 Å². The monoisotopic (exact) mass is 1990 g/mol. The second kappa shape index (κ2) is 57.0. The summed E-state index contributed by atoms with van der Waals surface area (Å²) in [7, 11) is 0. The number of amides is 6. The largest absolute Gasteiger partial charge is 0.508 e. The molecule has 0 heterocycles. The Labute approximate surface area is 840 Å². The number of nitrogens with one attached hydrogen (secondary N) is 6. The highest BCUT2D eigenvalue weighted by atomic mass is 16.5. The molecule has 0 aliphatic heterocycles. The lowest BCUT2D eigenvalue weighted by Gasteiger charge is -2.33. The molecule has 145 heavy (non-hydrogen) atoms. The van der Waals surface area contributed by atoms with E-state index in [0.29, 0.717) is 105 Å². The number of carbonyl (C=O) groups excluding carboxylic acids is 6. The van der Waals surface area contributed by atoms with Gasteiger partial charge in [0.15, 0.2) is 92.0 Å². The van der Waals surface area contributed by atoms with E-state index in [2.05, 4.69) is 31.9 Å². The number of ether oxygens (including phenoxy) is 4. The molecule has 12 rings (SSSR count). The molecule has 772 valence electrons. The van der Waals surface area contributed by atoms with Crippen LogP contribution in [-0.4, -0.2) is 219 Å². The van der Waals surface area contributed by atoms with Gasteiger partial charge in [-0.25, -0.2) is 0 Å². The minimum atomic E-state index is -1.05. The van der Waals surface area contributed by atoms with Gasteiger partial charge in [-0.05, 0) is 294 Å². The van der Waals surface area contributed by atoms with E-state index in [0.717, 1.165) is 61.2 Å². The number of hydrogen-bond acceptors (Lipinski definition) is 28. The number of hydrogen-bond donors (Lipinski definition) is 24. The normalized spacial score (nSPS) is 10.9. The van der Waals surface area contributed by atoms with Crippen LogP contribution in [0.5, 0.6) is 103 Å². The lowest BCUT2D eigenvalue weighted by molar-refractivity contribution is -0.129. The Hall–Kier alpha value is -16.3. The molecule has 12 aromatic rings. The van der Waals surface area contributed by atoms with Gasteiger partial charge in [0.25, 0.3) is 11.8 Å². The van der Waals surface area contributed by atoms with Crippen LogP contribution in [0.25, 0.3) is 0 Å². The van der Waals surface area contributed by atoms with Crippen LogP contribution in [0.4, 0.5) is 0 Å². The second-order valence-corrected chi connectivity index (χ2v) is 34.7. The van der Waals surface area contributed by atoms with Gasteiger partial charge in [-0.1, -0.05) is 106 Å². The topological polar surface area (TPSA) is 576 Å². The molecule has 0 aromatic heterocycles. The first kappa shape index (κ1) is 114. The number of phenols is 18. The number of phenolic OH excluding ortho intramolecular Hbond substituents is 18. The highest BCUT2D eigenvalue weighted by molar-refractivity contribution is 6.00. The Morgan fingerprint density at radius 2 is 0.400 bits per heavy atom. The zero-order valence-corrected chi connectivity index (χ0v) is 79.2. The van der Waals surface area contributed by atoms with Crippen molar-refractivity contribution in [1.82, 2.24) is 31.9 Å². The van der Waals surface area contributed by atoms with Gasteiger partial charge >= 0.3 is 0 Å². The number of benzene rings is 12. The zero-order valence-electron chi connectivity index (χ0n) is 79.2. The molecule has 0 saturated heterocycles. The molecule has 12 aromatic carbocycles. The standard InChI is InChI=1S/C50H66N4O15.C32H32N2O7.C27H24O6.2CH4/c1-34-2-3-35(26-42(34)58)10-18-51-46(62)14-22-66-30-50(31-67-23-15-47(63)52-19-11-36-4-7-39(55)43(59)27-36,32-68-24-16-48(64)53-20-12-37-5-8-40(56)44(60)28-37)33-69-25-17-49(65)54-21-13-38-6-9-41(57)45(61)29-38;1-19-2-3-20(15-28(19)37)8-10-33-31(40)24-13-23(12-22-5-7-27(36)30(39)17-22)14-25(18-24)32(41)34-11-9-21-4-6-26(35)29(38)16-21;28-22-4-1-16(13-25(22)31)7-19-10-20(8-17-2-5-23(29)26(32)14-17)12-21(11-19)9-18-3-6-24(30)27(33)15-18;;/h2-9,26-29,55-61H,10-25,30-33H2,1H3,(H,51,62)(H,52,63)(H,53,64)(H,54,65);2-7,13-18,35-39H,8-12H2,1H3,(H,33,40)(H,34,41);1-6,10-15,28-33H,7-9H2;2*1H4. The minimum Gasteiger partial charge on any atom is -0.508 e. The number of aromatic hydroxyl groups is 18. The molecule has 0 unspecified atom stereocenters. The molecule has 0 radical (unpaired) electrons. The van der Waals surface area contributed by atoms with Gasteiger partial charge in [0.1, 0.15) is 11.5 Å². The Morgan fingerprint density at radius 3 is 0.614 bits per heavy atom. The quantitative estimate of drug-likeness (QED) is 0.0124. The highest BCUT2D eigenvalue weighted by Gasteiger charge is 2.34. The molecule has 0 fully saturated rings. The molecule has 0 spiro atoms. The van der Waals surface area contributed by atoms with Crippen molar-refractivity contribution < 1.29 is 140 Å². The van der Waals surface area contributed by atoms with Crippen molar-refractivity contribution >= 4 is 35.4 Å². The summed E-state index contributed by atoms with van der Waals surface area (Å²) in [4.78, 5) is 77.1. The Balaban J connectivity index is 0.000000286. The average Bonchev–Trinajstić information content (AvgIpc) is 0.824. The molecule has 0 aliphatic carbocycles. The minimum absolute atomic E-state index is 0. The van der Waals surface area contributed by atoms with E-state index in [9.17, 15) is 121 Å². The molecule has 0 atom stereocenters. The third kappa shape index (κ3) is 38.2. The first-order valence-corrected chi connectivity index (χ1v) is 46.3. The summed E-state index contributed by atoms with van der Waals surface area (Å²) in [6.07, 6.45) is 4.54. The molecule has 6 amide bonds. The van der Waals surface area contributed by atoms with Gasteiger partial charge in [-0.3, -0.25) is 28.8 Å². The Bertz CT molecular complexity index is 5770. The first-order valence-electron chi connectivity index (χ1n) is 46.3. The predicted octanol–water partition coefficient (Wildman–Crippen LogP) is 13.3. The van der Waals surface area contributed by atoms with Crippen molar-refractivity contribution in [2.45, 2.75) is 119 Å². The van der Waals surface area contributed by atoms with Gasteiger partial charge in [0.05, 0.1) is 58.3 Å². The maximum atomic E-state index is 13.1. The van der Waals surface area contributed by atoms with E-state index >= 15 is 0 Å². The van der Waals surface area contributed by atoms with Crippen molar-refractivity contribution in [3.05, 3.63) is 319 Å². The lowest BCUT2D eigenvalue weighted by atomic mass is 9.92. The van der Waals surface area contributed by atoms with Crippen LogP contribution < -0.4 is 31.9 Å². The van der Waals surface area contributed by atoms with Crippen LogP contribution in [-0.2, 0) is 102 Å². The van der Waals surface area contributed by atoms with Crippen molar-refractivity contribution in [2.24, 2.45) is 5.41 Å². The van der Waals surface area contributed by atoms with Crippen molar-refractivity contribution in [2.75, 3.05) is 92.1 Å². The third-order valence-corrected chi connectivity index (χ3v) is 23.0. The maximum Gasteiger partial charge on any atom is 0.251 e. The second-order valence-electron chi connectivity index (χ2n) is 34.7. The lowest BCUT2D eigenvalue weighted by Crippen LogP contribution is -2.43. The smallest absolute Gasteiger partial charge is 0.251 e. The summed E-state index contributed by atoms with van der Waals surface area (Å²) < 4.78 is 24.2. The van der Waals surface area contributed by atoms with Crippen molar-refractivity contribution in [3.8, 4) is 103 Å². The van der Waals surface area contributed by atoms with Gasteiger partial charge in [0.2, 0.25) is 23.6 Å². The van der Waals surface area contributed by atoms with E-state index in [-0.39, 0.29) is 264 Å². The van der Waals surface area contributed by atoms with Crippen LogP contribution in [0.1, 0.15) is 150 Å². The van der Waals surface area contributed by atoms with Crippen LogP contribution >= 0.6 is 0 Å². The van der Waals surface area contributed by atoms with Gasteiger partial charge in [-0.15, -0.1) is 0 Å². The fourth-order valence-corrected chi connectivity index (χ4v) is 15.0. The molecular formula is C111H130N6O28. The summed E-state index contributed by atoms with van der Waals surface area (Å²) in [5.41, 5.74) is 12.4. The summed E-state index contributed by atoms with van der Waals surface area (Å²) in [6.45, 7) is 5.18. The number of rotatable bonds is 48. The summed E-state index contributed by atoms with van der Waals surface area (Å²) in [6, 6.07) is 58.0. The number of aryl methyl sites for hydroxylation is 2. The maximum absolute atomic E-state index is 13.1. The van der Waals surface area contributed by atoms with Gasteiger partial charge < -0.3 is 143 Å².